The van der Waals surface area contributed by atoms with E-state index in [9.17, 15) is 0 Å². The largest absolute Gasteiger partial charge is 0.303 e. The lowest BCUT2D eigenvalue weighted by molar-refractivity contribution is 0.158. The predicted molar refractivity (Wildman–Crippen MR) is 81.9 cm³/mol. The standard InChI is InChI=1S/C15H27N.C2H6/c1-2-6-14-9-11-16(12-10-14)13-15-7-4-3-5-8-15;1-2/h2,6,14-15H,3-5,7-13H2,1H3;1-2H3/b6-2+;. The monoisotopic (exact) mass is 251 g/mol. The highest BCUT2D eigenvalue weighted by atomic mass is 15.1. The Labute approximate surface area is 115 Å². The summed E-state index contributed by atoms with van der Waals surface area (Å²) in [6.45, 7) is 10.2. The lowest BCUT2D eigenvalue weighted by atomic mass is 9.88. The maximum absolute atomic E-state index is 2.72. The molecule has 0 aromatic rings. The van der Waals surface area contributed by atoms with Gasteiger partial charge in [-0.1, -0.05) is 45.3 Å². The molecule has 18 heavy (non-hydrogen) atoms. The van der Waals surface area contributed by atoms with Crippen LogP contribution in [-0.2, 0) is 0 Å². The van der Waals surface area contributed by atoms with E-state index in [2.05, 4.69) is 24.0 Å². The molecule has 1 heteroatoms. The zero-order valence-corrected chi connectivity index (χ0v) is 12.8. The van der Waals surface area contributed by atoms with Crippen LogP contribution in [-0.4, -0.2) is 24.5 Å². The molecule has 0 amide bonds. The predicted octanol–water partition coefficient (Wildman–Crippen LogP) is 4.88. The van der Waals surface area contributed by atoms with Gasteiger partial charge in [-0.3, -0.25) is 0 Å². The van der Waals surface area contributed by atoms with Gasteiger partial charge in [-0.25, -0.2) is 0 Å². The Morgan fingerprint density at radius 2 is 1.56 bits per heavy atom. The Morgan fingerprint density at radius 3 is 2.11 bits per heavy atom. The Kier molecular flexibility index (Phi) is 8.41. The van der Waals surface area contributed by atoms with E-state index < -0.39 is 0 Å². The van der Waals surface area contributed by atoms with Crippen molar-refractivity contribution in [3.05, 3.63) is 12.2 Å². The molecule has 0 spiro atoms. The van der Waals surface area contributed by atoms with Crippen molar-refractivity contribution in [3.8, 4) is 0 Å². The van der Waals surface area contributed by atoms with Crippen molar-refractivity contribution in [1.82, 2.24) is 4.90 Å². The molecule has 2 fully saturated rings. The minimum atomic E-state index is 0.868. The lowest BCUT2D eigenvalue weighted by Gasteiger charge is -2.34. The zero-order valence-electron chi connectivity index (χ0n) is 12.8. The smallest absolute Gasteiger partial charge is 0.000966 e. The summed E-state index contributed by atoms with van der Waals surface area (Å²) in [4.78, 5) is 2.72. The molecule has 2 aliphatic rings. The van der Waals surface area contributed by atoms with E-state index >= 15 is 0 Å². The van der Waals surface area contributed by atoms with Gasteiger partial charge in [0.05, 0.1) is 0 Å². The van der Waals surface area contributed by atoms with E-state index in [0.29, 0.717) is 0 Å². The first kappa shape index (κ1) is 15.8. The zero-order chi connectivity index (χ0) is 13.2. The van der Waals surface area contributed by atoms with Gasteiger partial charge in [-0.15, -0.1) is 0 Å². The van der Waals surface area contributed by atoms with E-state index in [1.54, 1.807) is 0 Å². The van der Waals surface area contributed by atoms with Crippen LogP contribution < -0.4 is 0 Å². The molecule has 0 atom stereocenters. The molecule has 0 N–H and O–H groups in total. The molecule has 1 saturated carbocycles. The van der Waals surface area contributed by atoms with Crippen molar-refractivity contribution in [2.45, 2.75) is 65.7 Å². The molecule has 0 bridgehead atoms. The second-order valence-electron chi connectivity index (χ2n) is 5.67. The van der Waals surface area contributed by atoms with Gasteiger partial charge in [0, 0.05) is 6.54 Å². The van der Waals surface area contributed by atoms with Crippen LogP contribution in [0.4, 0.5) is 0 Å². The minimum absolute atomic E-state index is 0.868. The van der Waals surface area contributed by atoms with Gasteiger partial charge in [-0.05, 0) is 57.5 Å². The summed E-state index contributed by atoms with van der Waals surface area (Å²) in [7, 11) is 0. The highest BCUT2D eigenvalue weighted by Gasteiger charge is 2.21. The first-order valence-electron chi connectivity index (χ1n) is 8.23. The van der Waals surface area contributed by atoms with E-state index in [1.165, 1.54) is 64.6 Å². The second-order valence-corrected chi connectivity index (χ2v) is 5.67. The fraction of sp³-hybridized carbons (Fsp3) is 0.882. The summed E-state index contributed by atoms with van der Waals surface area (Å²) >= 11 is 0. The van der Waals surface area contributed by atoms with Crippen LogP contribution in [0.2, 0.25) is 0 Å². The van der Waals surface area contributed by atoms with Crippen molar-refractivity contribution < 1.29 is 0 Å². The number of hydrogen-bond acceptors (Lipinski definition) is 1. The van der Waals surface area contributed by atoms with Gasteiger partial charge in [-0.2, -0.15) is 0 Å². The van der Waals surface area contributed by atoms with Crippen LogP contribution >= 0.6 is 0 Å². The van der Waals surface area contributed by atoms with Crippen LogP contribution in [0.3, 0.4) is 0 Å². The summed E-state index contributed by atoms with van der Waals surface area (Å²) in [5.74, 6) is 1.89. The minimum Gasteiger partial charge on any atom is -0.303 e. The first-order chi connectivity index (χ1) is 8.88. The Hall–Kier alpha value is -0.300. The molecular formula is C17H33N. The SMILES string of the molecule is C/C=C/C1CCN(CC2CCCCC2)CC1.CC. The van der Waals surface area contributed by atoms with E-state index in [0.717, 1.165) is 11.8 Å². The molecule has 0 aromatic carbocycles. The Morgan fingerprint density at radius 1 is 0.944 bits per heavy atom. The van der Waals surface area contributed by atoms with Crippen LogP contribution in [0.1, 0.15) is 65.7 Å². The second kappa shape index (κ2) is 9.61. The number of likely N-dealkylation sites (tertiary alicyclic amines) is 1. The van der Waals surface area contributed by atoms with Gasteiger partial charge >= 0.3 is 0 Å². The topological polar surface area (TPSA) is 3.24 Å². The maximum atomic E-state index is 2.72. The number of nitrogens with zero attached hydrogens (tertiary/aromatic N) is 1. The van der Waals surface area contributed by atoms with Crippen LogP contribution in [0, 0.1) is 11.8 Å². The quantitative estimate of drug-likeness (QED) is 0.646. The van der Waals surface area contributed by atoms with Crippen LogP contribution in [0.15, 0.2) is 12.2 Å². The molecular weight excluding hydrogens is 218 g/mol. The lowest BCUT2D eigenvalue weighted by Crippen LogP contribution is -2.37. The molecule has 2 rings (SSSR count). The third kappa shape index (κ3) is 5.56. The summed E-state index contributed by atoms with van der Waals surface area (Å²) in [6, 6.07) is 0. The van der Waals surface area contributed by atoms with Crippen molar-refractivity contribution in [2.75, 3.05) is 19.6 Å². The number of piperidine rings is 1. The van der Waals surface area contributed by atoms with E-state index in [4.69, 9.17) is 0 Å². The number of allylic oxidation sites excluding steroid dienone is 2. The maximum Gasteiger partial charge on any atom is 0.000966 e. The van der Waals surface area contributed by atoms with E-state index in [1.807, 2.05) is 13.8 Å². The van der Waals surface area contributed by atoms with Gasteiger partial charge in [0.25, 0.3) is 0 Å². The normalized spacial score (nSPS) is 23.9. The van der Waals surface area contributed by atoms with Crippen LogP contribution in [0.25, 0.3) is 0 Å². The Balaban J connectivity index is 0.000000771. The molecule has 1 nitrogen and oxygen atoms in total. The molecule has 0 unspecified atom stereocenters. The number of rotatable bonds is 3. The van der Waals surface area contributed by atoms with E-state index in [-0.39, 0.29) is 0 Å². The average molecular weight is 251 g/mol. The molecule has 106 valence electrons. The highest BCUT2D eigenvalue weighted by Crippen LogP contribution is 2.26. The first-order valence-corrected chi connectivity index (χ1v) is 8.23. The molecule has 0 radical (unpaired) electrons. The van der Waals surface area contributed by atoms with Crippen LogP contribution in [0.5, 0.6) is 0 Å². The van der Waals surface area contributed by atoms with Crippen molar-refractivity contribution >= 4 is 0 Å². The fourth-order valence-corrected chi connectivity index (χ4v) is 3.33. The summed E-state index contributed by atoms with van der Waals surface area (Å²) in [5.41, 5.74) is 0. The molecule has 0 aromatic heterocycles. The summed E-state index contributed by atoms with van der Waals surface area (Å²) < 4.78 is 0. The molecule has 1 heterocycles. The summed E-state index contributed by atoms with van der Waals surface area (Å²) in [5, 5.41) is 0. The van der Waals surface area contributed by atoms with Gasteiger partial charge < -0.3 is 4.90 Å². The van der Waals surface area contributed by atoms with Gasteiger partial charge in [0.1, 0.15) is 0 Å². The highest BCUT2D eigenvalue weighted by molar-refractivity contribution is 4.89. The van der Waals surface area contributed by atoms with Gasteiger partial charge in [0.2, 0.25) is 0 Å². The van der Waals surface area contributed by atoms with Crippen molar-refractivity contribution in [1.29, 1.82) is 0 Å². The molecule has 1 aliphatic heterocycles. The van der Waals surface area contributed by atoms with Crippen molar-refractivity contribution in [3.63, 3.8) is 0 Å². The Bertz CT molecular complexity index is 208. The fourth-order valence-electron chi connectivity index (χ4n) is 3.33. The molecule has 1 aliphatic carbocycles. The molecule has 1 saturated heterocycles. The summed E-state index contributed by atoms with van der Waals surface area (Å²) in [6.07, 6.45) is 14.8. The van der Waals surface area contributed by atoms with Crippen molar-refractivity contribution in [2.24, 2.45) is 11.8 Å². The van der Waals surface area contributed by atoms with Gasteiger partial charge in [0.15, 0.2) is 0 Å². The third-order valence-electron chi connectivity index (χ3n) is 4.34. The average Bonchev–Trinajstić information content (AvgIpc) is 2.45. The third-order valence-corrected chi connectivity index (χ3v) is 4.34. The number of hydrogen-bond donors (Lipinski definition) is 0.